The molecule has 0 atom stereocenters. The monoisotopic (exact) mass is 503 g/mol. The molecule has 10 nitrogen and oxygen atoms in total. The fourth-order valence-electron chi connectivity index (χ4n) is 3.39. The van der Waals surface area contributed by atoms with E-state index in [2.05, 4.69) is 5.10 Å². The van der Waals surface area contributed by atoms with Crippen molar-refractivity contribution in [2.75, 3.05) is 20.8 Å². The molecular formula is C24H29N3O7S. The summed E-state index contributed by atoms with van der Waals surface area (Å²) in [5.41, 5.74) is -0.0532. The zero-order valence-electron chi connectivity index (χ0n) is 20.0. The van der Waals surface area contributed by atoms with Crippen molar-refractivity contribution in [2.24, 2.45) is 0 Å². The van der Waals surface area contributed by atoms with Gasteiger partial charge in [-0.25, -0.2) is 17.9 Å². The molecule has 11 heteroatoms. The molecule has 0 amide bonds. The average molecular weight is 504 g/mol. The standard InChI is InChI=1S/C24H29N3O7S/c1-24(2,16-28)27-21(23(29)30)13-22(25-27)35(31,32)26(14-17-5-9-19(33-3)10-6-17)15-18-7-11-20(34-4)12-8-18/h5-13,28H,14-16H2,1-4H3,(H,29,30). The second-order valence-electron chi connectivity index (χ2n) is 8.52. The Balaban J connectivity index is 2.06. The fraction of sp³-hybridized carbons (Fsp3) is 0.333. The topological polar surface area (TPSA) is 131 Å². The summed E-state index contributed by atoms with van der Waals surface area (Å²) in [6.07, 6.45) is 0. The van der Waals surface area contributed by atoms with Gasteiger partial charge in [0.05, 0.1) is 26.4 Å². The molecule has 0 aliphatic rings. The molecule has 0 aliphatic heterocycles. The Morgan fingerprint density at radius 3 is 1.80 bits per heavy atom. The number of carboxylic acids is 1. The summed E-state index contributed by atoms with van der Waals surface area (Å²) in [5, 5.41) is 23.0. The number of aliphatic hydroxyl groups is 1. The van der Waals surface area contributed by atoms with Crippen molar-refractivity contribution in [3.63, 3.8) is 0 Å². The van der Waals surface area contributed by atoms with Crippen molar-refractivity contribution < 1.29 is 32.9 Å². The molecule has 3 rings (SSSR count). The smallest absolute Gasteiger partial charge is 0.354 e. The lowest BCUT2D eigenvalue weighted by atomic mass is 10.1. The van der Waals surface area contributed by atoms with Gasteiger partial charge >= 0.3 is 5.97 Å². The SMILES string of the molecule is COc1ccc(CN(Cc2ccc(OC)cc2)S(=O)(=O)c2cc(C(=O)O)n(C(C)(C)CO)n2)cc1. The van der Waals surface area contributed by atoms with Crippen molar-refractivity contribution >= 4 is 16.0 Å². The minimum Gasteiger partial charge on any atom is -0.497 e. The molecule has 0 aliphatic carbocycles. The van der Waals surface area contributed by atoms with Crippen LogP contribution in [-0.2, 0) is 28.7 Å². The van der Waals surface area contributed by atoms with Gasteiger partial charge in [0.25, 0.3) is 10.0 Å². The van der Waals surface area contributed by atoms with Crippen LogP contribution in [-0.4, -0.2) is 59.5 Å². The number of aliphatic hydroxyl groups excluding tert-OH is 1. The van der Waals surface area contributed by atoms with E-state index in [1.807, 2.05) is 0 Å². The number of carboxylic acid groups (broad SMARTS) is 1. The maximum atomic E-state index is 13.7. The van der Waals surface area contributed by atoms with Gasteiger partial charge in [0.2, 0.25) is 0 Å². The van der Waals surface area contributed by atoms with Gasteiger partial charge in [0.15, 0.2) is 5.03 Å². The third kappa shape index (κ3) is 5.81. The third-order valence-corrected chi connectivity index (χ3v) is 7.17. The second-order valence-corrected chi connectivity index (χ2v) is 10.4. The first-order chi connectivity index (χ1) is 16.5. The number of methoxy groups -OCH3 is 2. The van der Waals surface area contributed by atoms with Gasteiger partial charge < -0.3 is 19.7 Å². The molecule has 3 aromatic rings. The molecule has 1 heterocycles. The zero-order chi connectivity index (χ0) is 25.8. The number of sulfonamides is 1. The van der Waals surface area contributed by atoms with Crippen LogP contribution in [0.5, 0.6) is 11.5 Å². The summed E-state index contributed by atoms with van der Waals surface area (Å²) in [7, 11) is -1.16. The van der Waals surface area contributed by atoms with Crippen LogP contribution in [0.4, 0.5) is 0 Å². The van der Waals surface area contributed by atoms with Crippen LogP contribution in [0.2, 0.25) is 0 Å². The summed E-state index contributed by atoms with van der Waals surface area (Å²) in [5.74, 6) is -0.0823. The molecule has 35 heavy (non-hydrogen) atoms. The molecule has 0 saturated carbocycles. The normalized spacial score (nSPS) is 12.1. The Morgan fingerprint density at radius 1 is 0.971 bits per heavy atom. The minimum atomic E-state index is -4.24. The predicted octanol–water partition coefficient (Wildman–Crippen LogP) is 2.72. The van der Waals surface area contributed by atoms with E-state index in [9.17, 15) is 23.4 Å². The van der Waals surface area contributed by atoms with E-state index >= 15 is 0 Å². The lowest BCUT2D eigenvalue weighted by Crippen LogP contribution is -2.35. The summed E-state index contributed by atoms with van der Waals surface area (Å²) in [6.45, 7) is 2.72. The molecule has 0 saturated heterocycles. The minimum absolute atomic E-state index is 0.0109. The summed E-state index contributed by atoms with van der Waals surface area (Å²) >= 11 is 0. The highest BCUT2D eigenvalue weighted by atomic mass is 32.2. The highest BCUT2D eigenvalue weighted by molar-refractivity contribution is 7.89. The van der Waals surface area contributed by atoms with Crippen molar-refractivity contribution in [2.45, 2.75) is 37.5 Å². The van der Waals surface area contributed by atoms with Crippen LogP contribution >= 0.6 is 0 Å². The van der Waals surface area contributed by atoms with Gasteiger partial charge in [-0.15, -0.1) is 0 Å². The molecule has 0 spiro atoms. The van der Waals surface area contributed by atoms with Crippen LogP contribution in [0.15, 0.2) is 59.6 Å². The molecule has 188 valence electrons. The van der Waals surface area contributed by atoms with Crippen LogP contribution in [0.3, 0.4) is 0 Å². The molecule has 0 unspecified atom stereocenters. The number of hydrogen-bond acceptors (Lipinski definition) is 7. The lowest BCUT2D eigenvalue weighted by Gasteiger charge is -2.24. The molecule has 1 aromatic heterocycles. The quantitative estimate of drug-likeness (QED) is 0.408. The second kappa shape index (κ2) is 10.5. The number of nitrogens with zero attached hydrogens (tertiary/aromatic N) is 3. The Labute approximate surface area is 204 Å². The maximum Gasteiger partial charge on any atom is 0.354 e. The molecule has 2 aromatic carbocycles. The van der Waals surface area contributed by atoms with Gasteiger partial charge in [-0.2, -0.15) is 9.40 Å². The zero-order valence-corrected chi connectivity index (χ0v) is 20.8. The largest absolute Gasteiger partial charge is 0.497 e. The maximum absolute atomic E-state index is 13.7. The Bertz CT molecular complexity index is 1220. The van der Waals surface area contributed by atoms with Gasteiger partial charge in [0.1, 0.15) is 17.2 Å². The fourth-order valence-corrected chi connectivity index (χ4v) is 4.74. The number of aromatic carboxylic acids is 1. The van der Waals surface area contributed by atoms with Gasteiger partial charge in [0, 0.05) is 19.2 Å². The molecule has 0 fully saturated rings. The molecular weight excluding hydrogens is 474 g/mol. The van der Waals surface area contributed by atoms with E-state index in [0.717, 1.165) is 10.7 Å². The summed E-state index contributed by atoms with van der Waals surface area (Å²) in [6, 6.07) is 15.0. The van der Waals surface area contributed by atoms with Crippen LogP contribution < -0.4 is 9.47 Å². The van der Waals surface area contributed by atoms with Crippen molar-refractivity contribution in [1.82, 2.24) is 14.1 Å². The van der Waals surface area contributed by atoms with Crippen molar-refractivity contribution in [1.29, 1.82) is 0 Å². The van der Waals surface area contributed by atoms with E-state index in [4.69, 9.17) is 9.47 Å². The molecule has 0 bridgehead atoms. The van der Waals surface area contributed by atoms with Gasteiger partial charge in [-0.3, -0.25) is 0 Å². The first-order valence-electron chi connectivity index (χ1n) is 10.7. The Morgan fingerprint density at radius 2 is 1.43 bits per heavy atom. The predicted molar refractivity (Wildman–Crippen MR) is 128 cm³/mol. The van der Waals surface area contributed by atoms with Gasteiger partial charge in [-0.1, -0.05) is 24.3 Å². The van der Waals surface area contributed by atoms with Crippen LogP contribution in [0, 0.1) is 0 Å². The molecule has 2 N–H and O–H groups in total. The summed E-state index contributed by atoms with van der Waals surface area (Å²) < 4.78 is 40.1. The average Bonchev–Trinajstić information content (AvgIpc) is 3.32. The van der Waals surface area contributed by atoms with Crippen molar-refractivity contribution in [3.05, 3.63) is 71.4 Å². The number of carbonyl (C=O) groups is 1. The van der Waals surface area contributed by atoms with Crippen LogP contribution in [0.1, 0.15) is 35.5 Å². The highest BCUT2D eigenvalue weighted by Gasteiger charge is 2.34. The number of ether oxygens (including phenoxy) is 2. The van der Waals surface area contributed by atoms with E-state index < -0.39 is 33.2 Å². The third-order valence-electron chi connectivity index (χ3n) is 5.51. The van der Waals surface area contributed by atoms with Crippen molar-refractivity contribution in [3.8, 4) is 11.5 Å². The van der Waals surface area contributed by atoms with Gasteiger partial charge in [-0.05, 0) is 49.2 Å². The summed E-state index contributed by atoms with van der Waals surface area (Å²) in [4.78, 5) is 11.8. The van der Waals surface area contributed by atoms with E-state index in [1.165, 1.54) is 4.31 Å². The number of aromatic nitrogens is 2. The number of hydrogen-bond donors (Lipinski definition) is 2. The lowest BCUT2D eigenvalue weighted by molar-refractivity contribution is 0.0660. The number of benzene rings is 2. The number of rotatable bonds is 11. The van der Waals surface area contributed by atoms with E-state index in [0.29, 0.717) is 22.6 Å². The Kier molecular flexibility index (Phi) is 7.83. The van der Waals surface area contributed by atoms with E-state index in [-0.39, 0.29) is 18.8 Å². The highest BCUT2D eigenvalue weighted by Crippen LogP contribution is 2.26. The molecule has 0 radical (unpaired) electrons. The Hall–Kier alpha value is -3.41. The first-order valence-corrected chi connectivity index (χ1v) is 12.2. The van der Waals surface area contributed by atoms with Crippen LogP contribution in [0.25, 0.3) is 0 Å². The van der Waals surface area contributed by atoms with E-state index in [1.54, 1.807) is 76.6 Å². The first kappa shape index (κ1) is 26.2.